The zero-order valence-corrected chi connectivity index (χ0v) is 11.3. The van der Waals surface area contributed by atoms with Gasteiger partial charge in [0.25, 0.3) is 0 Å². The van der Waals surface area contributed by atoms with Gasteiger partial charge in [0.2, 0.25) is 0 Å². The topological polar surface area (TPSA) is 24.5 Å². The Morgan fingerprint density at radius 1 is 1.50 bits per heavy atom. The molecule has 1 aliphatic heterocycles. The average molecular weight is 312 g/mol. The van der Waals surface area contributed by atoms with E-state index in [1.54, 1.807) is 0 Å². The maximum atomic E-state index is 5.80. The van der Waals surface area contributed by atoms with Crippen molar-refractivity contribution >= 4 is 22.6 Å². The van der Waals surface area contributed by atoms with Crippen molar-refractivity contribution in [2.45, 2.75) is 26.1 Å². The fourth-order valence-electron chi connectivity index (χ4n) is 1.82. The average Bonchev–Trinajstić information content (AvgIpc) is 2.17. The molecule has 0 aromatic carbocycles. The van der Waals surface area contributed by atoms with E-state index in [9.17, 15) is 0 Å². The Hall–Kier alpha value is 0.610. The molecule has 0 saturated carbocycles. The van der Waals surface area contributed by atoms with E-state index in [1.807, 2.05) is 0 Å². The summed E-state index contributed by atoms with van der Waals surface area (Å²) in [5.41, 5.74) is 0. The number of alkyl halides is 1. The third-order valence-corrected chi connectivity index (χ3v) is 3.41. The molecular weight excluding hydrogens is 291 g/mol. The first-order valence-corrected chi connectivity index (χ1v) is 6.93. The van der Waals surface area contributed by atoms with Crippen molar-refractivity contribution in [2.24, 2.45) is 0 Å². The fourth-order valence-corrected chi connectivity index (χ4v) is 2.31. The minimum Gasteiger partial charge on any atom is -0.372 e. The van der Waals surface area contributed by atoms with Gasteiger partial charge >= 0.3 is 0 Å². The number of hydrogen-bond donors (Lipinski definition) is 1. The summed E-state index contributed by atoms with van der Waals surface area (Å²) in [5, 5.41) is 3.36. The van der Waals surface area contributed by atoms with Crippen LogP contribution in [0.4, 0.5) is 0 Å². The van der Waals surface area contributed by atoms with Crippen LogP contribution in [0.5, 0.6) is 0 Å². The molecular formula is C10H21IN2O. The molecule has 1 aliphatic rings. The summed E-state index contributed by atoms with van der Waals surface area (Å²) in [7, 11) is 0. The minimum absolute atomic E-state index is 0.394. The predicted octanol–water partition coefficient (Wildman–Crippen LogP) is 1.12. The van der Waals surface area contributed by atoms with Gasteiger partial charge in [0.15, 0.2) is 0 Å². The van der Waals surface area contributed by atoms with Gasteiger partial charge in [-0.1, -0.05) is 29.5 Å². The van der Waals surface area contributed by atoms with E-state index < -0.39 is 0 Å². The van der Waals surface area contributed by atoms with E-state index in [-0.39, 0.29) is 0 Å². The maximum absolute atomic E-state index is 5.80. The smallest absolute Gasteiger partial charge is 0.0795 e. The van der Waals surface area contributed by atoms with Crippen LogP contribution >= 0.6 is 22.6 Å². The highest BCUT2D eigenvalue weighted by Gasteiger charge is 2.23. The molecule has 14 heavy (non-hydrogen) atoms. The lowest BCUT2D eigenvalue weighted by Crippen LogP contribution is -2.49. The third-order valence-electron chi connectivity index (χ3n) is 2.43. The van der Waals surface area contributed by atoms with Crippen LogP contribution in [-0.4, -0.2) is 54.3 Å². The second kappa shape index (κ2) is 6.98. The predicted molar refractivity (Wildman–Crippen MR) is 68.2 cm³/mol. The molecule has 0 spiro atoms. The summed E-state index contributed by atoms with van der Waals surface area (Å²) in [6.07, 6.45) is 0.825. The monoisotopic (exact) mass is 312 g/mol. The molecule has 1 rings (SSSR count). The van der Waals surface area contributed by atoms with E-state index in [2.05, 4.69) is 46.7 Å². The summed E-state index contributed by atoms with van der Waals surface area (Å²) in [6.45, 7) is 9.80. The molecule has 0 amide bonds. The summed E-state index contributed by atoms with van der Waals surface area (Å²) < 4.78 is 6.90. The Morgan fingerprint density at radius 2 is 2.29 bits per heavy atom. The van der Waals surface area contributed by atoms with E-state index in [1.165, 1.54) is 0 Å². The largest absolute Gasteiger partial charge is 0.372 e. The SMILES string of the molecule is CCNCCN1CC(C)OC(CI)C1. The lowest BCUT2D eigenvalue weighted by atomic mass is 10.2. The molecule has 0 bridgehead atoms. The molecule has 0 aromatic heterocycles. The summed E-state index contributed by atoms with van der Waals surface area (Å²) >= 11 is 2.40. The molecule has 1 heterocycles. The molecule has 4 heteroatoms. The van der Waals surface area contributed by atoms with Crippen LogP contribution in [0.15, 0.2) is 0 Å². The Bertz CT molecular complexity index is 157. The van der Waals surface area contributed by atoms with Crippen molar-refractivity contribution in [3.63, 3.8) is 0 Å². The van der Waals surface area contributed by atoms with Gasteiger partial charge in [-0.2, -0.15) is 0 Å². The van der Waals surface area contributed by atoms with Crippen LogP contribution in [0.1, 0.15) is 13.8 Å². The van der Waals surface area contributed by atoms with Crippen molar-refractivity contribution in [3.8, 4) is 0 Å². The van der Waals surface area contributed by atoms with E-state index in [0.29, 0.717) is 12.2 Å². The van der Waals surface area contributed by atoms with Crippen molar-refractivity contribution in [3.05, 3.63) is 0 Å². The first-order valence-electron chi connectivity index (χ1n) is 5.40. The molecule has 1 fully saturated rings. The number of morpholine rings is 1. The van der Waals surface area contributed by atoms with E-state index >= 15 is 0 Å². The van der Waals surface area contributed by atoms with Crippen molar-refractivity contribution in [2.75, 3.05) is 37.2 Å². The first-order chi connectivity index (χ1) is 6.76. The number of likely N-dealkylation sites (N-methyl/N-ethyl adjacent to an activating group) is 1. The molecule has 2 atom stereocenters. The quantitative estimate of drug-likeness (QED) is 0.468. The van der Waals surface area contributed by atoms with Gasteiger partial charge in [-0.05, 0) is 13.5 Å². The molecule has 84 valence electrons. The highest BCUT2D eigenvalue weighted by molar-refractivity contribution is 14.1. The maximum Gasteiger partial charge on any atom is 0.0795 e. The van der Waals surface area contributed by atoms with Crippen molar-refractivity contribution < 1.29 is 4.74 Å². The van der Waals surface area contributed by atoms with Crippen molar-refractivity contribution in [1.29, 1.82) is 0 Å². The van der Waals surface area contributed by atoms with Crippen LogP contribution in [0.3, 0.4) is 0 Å². The van der Waals surface area contributed by atoms with Crippen LogP contribution in [0.2, 0.25) is 0 Å². The van der Waals surface area contributed by atoms with Crippen molar-refractivity contribution in [1.82, 2.24) is 10.2 Å². The van der Waals surface area contributed by atoms with Gasteiger partial charge in [0.1, 0.15) is 0 Å². The van der Waals surface area contributed by atoms with E-state index in [4.69, 9.17) is 4.74 Å². The zero-order valence-electron chi connectivity index (χ0n) is 9.13. The van der Waals surface area contributed by atoms with Gasteiger partial charge in [0.05, 0.1) is 12.2 Å². The van der Waals surface area contributed by atoms with Crippen LogP contribution in [-0.2, 0) is 4.74 Å². The van der Waals surface area contributed by atoms with Gasteiger partial charge in [0, 0.05) is 30.6 Å². The lowest BCUT2D eigenvalue weighted by molar-refractivity contribution is -0.0639. The lowest BCUT2D eigenvalue weighted by Gasteiger charge is -2.36. The number of nitrogens with zero attached hydrogens (tertiary/aromatic N) is 1. The molecule has 3 nitrogen and oxygen atoms in total. The number of nitrogens with one attached hydrogen (secondary N) is 1. The molecule has 1 N–H and O–H groups in total. The van der Waals surface area contributed by atoms with Gasteiger partial charge in [-0.3, -0.25) is 4.90 Å². The summed E-state index contributed by atoms with van der Waals surface area (Å²) in [4.78, 5) is 2.50. The fraction of sp³-hybridized carbons (Fsp3) is 1.00. The Morgan fingerprint density at radius 3 is 2.93 bits per heavy atom. The molecule has 0 radical (unpaired) electrons. The van der Waals surface area contributed by atoms with Gasteiger partial charge in [-0.15, -0.1) is 0 Å². The Balaban J connectivity index is 2.23. The number of halogens is 1. The Labute approximate surface area is 101 Å². The van der Waals surface area contributed by atoms with Crippen LogP contribution in [0.25, 0.3) is 0 Å². The third kappa shape index (κ3) is 4.42. The summed E-state index contributed by atoms with van der Waals surface area (Å²) in [6, 6.07) is 0. The number of ether oxygens (including phenoxy) is 1. The molecule has 0 aliphatic carbocycles. The van der Waals surface area contributed by atoms with Crippen LogP contribution in [0, 0.1) is 0 Å². The number of hydrogen-bond acceptors (Lipinski definition) is 3. The molecule has 0 aromatic rings. The highest BCUT2D eigenvalue weighted by atomic mass is 127. The van der Waals surface area contributed by atoms with Gasteiger partial charge < -0.3 is 10.1 Å². The molecule has 2 unspecified atom stereocenters. The first kappa shape index (κ1) is 12.7. The Kier molecular flexibility index (Phi) is 6.32. The zero-order chi connectivity index (χ0) is 10.4. The van der Waals surface area contributed by atoms with E-state index in [0.717, 1.165) is 37.2 Å². The van der Waals surface area contributed by atoms with Gasteiger partial charge in [-0.25, -0.2) is 0 Å². The normalized spacial score (nSPS) is 29.4. The second-order valence-corrected chi connectivity index (χ2v) is 4.72. The number of rotatable bonds is 5. The second-order valence-electron chi connectivity index (χ2n) is 3.84. The summed E-state index contributed by atoms with van der Waals surface area (Å²) in [5.74, 6) is 0. The highest BCUT2D eigenvalue weighted by Crippen LogP contribution is 2.12. The minimum atomic E-state index is 0.394. The van der Waals surface area contributed by atoms with Crippen LogP contribution < -0.4 is 5.32 Å². The standard InChI is InChI=1S/C10H21IN2O/c1-3-12-4-5-13-7-9(2)14-10(6-11)8-13/h9-10,12H,3-8H2,1-2H3. The molecule has 1 saturated heterocycles.